The number of carbonyl (C=O) groups is 2. The van der Waals surface area contributed by atoms with Crippen molar-refractivity contribution >= 4 is 39.1 Å². The molecule has 2 aromatic rings. The number of para-hydroxylation sites is 2. The van der Waals surface area contributed by atoms with Crippen LogP contribution in [0.1, 0.15) is 30.1 Å². The highest BCUT2D eigenvalue weighted by atomic mass is 79.9. The van der Waals surface area contributed by atoms with Crippen LogP contribution < -0.4 is 19.7 Å². The molecule has 0 radical (unpaired) electrons. The van der Waals surface area contributed by atoms with E-state index >= 15 is 0 Å². The Balaban J connectivity index is 1.88. The van der Waals surface area contributed by atoms with E-state index in [4.69, 9.17) is 9.47 Å². The highest BCUT2D eigenvalue weighted by molar-refractivity contribution is 9.10. The van der Waals surface area contributed by atoms with Crippen molar-refractivity contribution in [2.45, 2.75) is 19.8 Å². The summed E-state index contributed by atoms with van der Waals surface area (Å²) in [6, 6.07) is 10.6. The van der Waals surface area contributed by atoms with Crippen molar-refractivity contribution in [2.75, 3.05) is 30.5 Å². The van der Waals surface area contributed by atoms with Gasteiger partial charge in [-0.1, -0.05) is 12.1 Å². The van der Waals surface area contributed by atoms with Gasteiger partial charge in [-0.15, -0.1) is 0 Å². The number of anilines is 2. The third-order valence-electron chi connectivity index (χ3n) is 4.30. The number of halogens is 1. The van der Waals surface area contributed by atoms with Crippen molar-refractivity contribution in [1.29, 1.82) is 0 Å². The van der Waals surface area contributed by atoms with Gasteiger partial charge in [-0.25, -0.2) is 0 Å². The first kappa shape index (κ1) is 19.2. The lowest BCUT2D eigenvalue weighted by Crippen LogP contribution is -2.25. The van der Waals surface area contributed by atoms with Crippen LogP contribution in [0.5, 0.6) is 11.5 Å². The Labute approximate surface area is 166 Å². The van der Waals surface area contributed by atoms with Crippen molar-refractivity contribution in [2.24, 2.45) is 0 Å². The lowest BCUT2D eigenvalue weighted by atomic mass is 10.1. The van der Waals surface area contributed by atoms with E-state index in [2.05, 4.69) is 21.2 Å². The molecule has 1 aliphatic rings. The van der Waals surface area contributed by atoms with Gasteiger partial charge in [0.1, 0.15) is 0 Å². The van der Waals surface area contributed by atoms with Crippen LogP contribution in [0.2, 0.25) is 0 Å². The second kappa shape index (κ2) is 8.43. The maximum Gasteiger partial charge on any atom is 0.255 e. The van der Waals surface area contributed by atoms with Gasteiger partial charge in [0.05, 0.1) is 29.6 Å². The zero-order valence-electron chi connectivity index (χ0n) is 15.3. The minimum atomic E-state index is -0.295. The summed E-state index contributed by atoms with van der Waals surface area (Å²) in [7, 11) is 1.53. The van der Waals surface area contributed by atoms with E-state index in [0.29, 0.717) is 52.5 Å². The molecule has 142 valence electrons. The van der Waals surface area contributed by atoms with Crippen LogP contribution in [-0.2, 0) is 4.79 Å². The van der Waals surface area contributed by atoms with E-state index < -0.39 is 0 Å². The third kappa shape index (κ3) is 4.08. The zero-order valence-corrected chi connectivity index (χ0v) is 16.8. The molecule has 27 heavy (non-hydrogen) atoms. The summed E-state index contributed by atoms with van der Waals surface area (Å²) < 4.78 is 11.5. The van der Waals surface area contributed by atoms with Crippen LogP contribution in [0.3, 0.4) is 0 Å². The van der Waals surface area contributed by atoms with Crippen LogP contribution in [0.4, 0.5) is 11.4 Å². The minimum Gasteiger partial charge on any atom is -0.493 e. The van der Waals surface area contributed by atoms with Gasteiger partial charge >= 0.3 is 0 Å². The molecule has 7 heteroatoms. The number of hydrogen-bond acceptors (Lipinski definition) is 4. The maximum absolute atomic E-state index is 12.8. The number of hydrogen-bond donors (Lipinski definition) is 1. The Bertz CT molecular complexity index is 869. The third-order valence-corrected chi connectivity index (χ3v) is 4.89. The molecule has 1 fully saturated rings. The SMILES string of the molecule is CCOc1c(Br)cc(C(=O)Nc2ccccc2N2CCCC2=O)cc1OC. The molecule has 0 saturated carbocycles. The number of carbonyl (C=O) groups excluding carboxylic acids is 2. The Hall–Kier alpha value is -2.54. The van der Waals surface area contributed by atoms with Gasteiger partial charge in [0.25, 0.3) is 5.91 Å². The van der Waals surface area contributed by atoms with Gasteiger partial charge in [0.2, 0.25) is 5.91 Å². The molecule has 1 saturated heterocycles. The average molecular weight is 433 g/mol. The van der Waals surface area contributed by atoms with Gasteiger partial charge < -0.3 is 19.7 Å². The average Bonchev–Trinajstić information content (AvgIpc) is 3.09. The van der Waals surface area contributed by atoms with Crippen LogP contribution >= 0.6 is 15.9 Å². The van der Waals surface area contributed by atoms with Crippen molar-refractivity contribution < 1.29 is 19.1 Å². The van der Waals surface area contributed by atoms with Crippen molar-refractivity contribution in [1.82, 2.24) is 0 Å². The molecule has 2 amide bonds. The van der Waals surface area contributed by atoms with Gasteiger partial charge in [0.15, 0.2) is 11.5 Å². The Kier molecular flexibility index (Phi) is 6.01. The second-order valence-electron chi connectivity index (χ2n) is 6.04. The van der Waals surface area contributed by atoms with E-state index in [1.807, 2.05) is 25.1 Å². The number of nitrogens with zero attached hydrogens (tertiary/aromatic N) is 1. The lowest BCUT2D eigenvalue weighted by Gasteiger charge is -2.20. The molecule has 0 aliphatic carbocycles. The molecule has 0 bridgehead atoms. The zero-order chi connectivity index (χ0) is 19.4. The number of methoxy groups -OCH3 is 1. The largest absolute Gasteiger partial charge is 0.493 e. The predicted molar refractivity (Wildman–Crippen MR) is 108 cm³/mol. The van der Waals surface area contributed by atoms with E-state index in [0.717, 1.165) is 6.42 Å². The predicted octanol–water partition coefficient (Wildman–Crippen LogP) is 4.24. The fourth-order valence-corrected chi connectivity index (χ4v) is 3.60. The standard InChI is InChI=1S/C20H21BrN2O4/c1-3-27-19-14(21)11-13(12-17(19)26-2)20(25)22-15-7-4-5-8-16(15)23-10-6-9-18(23)24/h4-5,7-8,11-12H,3,6,9-10H2,1-2H3,(H,22,25). The summed E-state index contributed by atoms with van der Waals surface area (Å²) in [5.41, 5.74) is 1.73. The Morgan fingerprint density at radius 3 is 2.74 bits per heavy atom. The van der Waals surface area contributed by atoms with Crippen LogP contribution in [0.15, 0.2) is 40.9 Å². The molecule has 1 N–H and O–H groups in total. The normalized spacial score (nSPS) is 13.6. The molecule has 0 aromatic heterocycles. The van der Waals surface area contributed by atoms with Crippen molar-refractivity contribution in [3.05, 3.63) is 46.4 Å². The Morgan fingerprint density at radius 2 is 2.07 bits per heavy atom. The first-order chi connectivity index (χ1) is 13.0. The fourth-order valence-electron chi connectivity index (χ4n) is 3.05. The summed E-state index contributed by atoms with van der Waals surface area (Å²) in [6.45, 7) is 3.02. The van der Waals surface area contributed by atoms with E-state index in [-0.39, 0.29) is 11.8 Å². The summed E-state index contributed by atoms with van der Waals surface area (Å²) in [5, 5.41) is 2.90. The maximum atomic E-state index is 12.8. The number of benzene rings is 2. The first-order valence-corrected chi connectivity index (χ1v) is 9.55. The molecule has 0 unspecified atom stereocenters. The monoisotopic (exact) mass is 432 g/mol. The smallest absolute Gasteiger partial charge is 0.255 e. The van der Waals surface area contributed by atoms with Crippen molar-refractivity contribution in [3.8, 4) is 11.5 Å². The van der Waals surface area contributed by atoms with Gasteiger partial charge in [0, 0.05) is 18.5 Å². The summed E-state index contributed by atoms with van der Waals surface area (Å²) >= 11 is 3.43. The fraction of sp³-hybridized carbons (Fsp3) is 0.300. The second-order valence-corrected chi connectivity index (χ2v) is 6.90. The quantitative estimate of drug-likeness (QED) is 0.740. The van der Waals surface area contributed by atoms with Gasteiger partial charge in [-0.3, -0.25) is 9.59 Å². The van der Waals surface area contributed by atoms with Crippen LogP contribution in [0, 0.1) is 0 Å². The summed E-state index contributed by atoms with van der Waals surface area (Å²) in [5.74, 6) is 0.803. The molecule has 3 rings (SSSR count). The number of rotatable bonds is 6. The van der Waals surface area contributed by atoms with E-state index in [1.54, 1.807) is 23.1 Å². The highest BCUT2D eigenvalue weighted by Gasteiger charge is 2.24. The van der Waals surface area contributed by atoms with Gasteiger partial charge in [-0.05, 0) is 53.5 Å². The topological polar surface area (TPSA) is 67.9 Å². The van der Waals surface area contributed by atoms with Crippen LogP contribution in [-0.4, -0.2) is 32.1 Å². The van der Waals surface area contributed by atoms with E-state index in [9.17, 15) is 9.59 Å². The molecule has 1 heterocycles. The van der Waals surface area contributed by atoms with Crippen molar-refractivity contribution in [3.63, 3.8) is 0 Å². The molecular formula is C20H21BrN2O4. The highest BCUT2D eigenvalue weighted by Crippen LogP contribution is 2.37. The number of ether oxygens (including phenoxy) is 2. The summed E-state index contributed by atoms with van der Waals surface area (Å²) in [4.78, 5) is 26.6. The lowest BCUT2D eigenvalue weighted by molar-refractivity contribution is -0.117. The molecular weight excluding hydrogens is 412 g/mol. The first-order valence-electron chi connectivity index (χ1n) is 8.76. The number of nitrogens with one attached hydrogen (secondary N) is 1. The Morgan fingerprint density at radius 1 is 1.30 bits per heavy atom. The molecule has 2 aromatic carbocycles. The molecule has 0 spiro atoms. The summed E-state index contributed by atoms with van der Waals surface area (Å²) in [6.07, 6.45) is 1.36. The molecule has 0 atom stereocenters. The number of amides is 2. The molecule has 1 aliphatic heterocycles. The van der Waals surface area contributed by atoms with Gasteiger partial charge in [-0.2, -0.15) is 0 Å². The minimum absolute atomic E-state index is 0.0715. The van der Waals surface area contributed by atoms with Crippen LogP contribution in [0.25, 0.3) is 0 Å². The molecule has 6 nitrogen and oxygen atoms in total. The van der Waals surface area contributed by atoms with E-state index in [1.165, 1.54) is 7.11 Å².